The summed E-state index contributed by atoms with van der Waals surface area (Å²) in [6.45, 7) is 1.08. The number of piperidine rings is 1. The van der Waals surface area contributed by atoms with E-state index >= 15 is 0 Å². The second-order valence-electron chi connectivity index (χ2n) is 6.43. The van der Waals surface area contributed by atoms with E-state index in [0.29, 0.717) is 37.4 Å². The summed E-state index contributed by atoms with van der Waals surface area (Å²) in [7, 11) is 3.13. The highest BCUT2D eigenvalue weighted by Crippen LogP contribution is 2.28. The van der Waals surface area contributed by atoms with Crippen molar-refractivity contribution < 1.29 is 23.9 Å². The third-order valence-electron chi connectivity index (χ3n) is 4.85. The van der Waals surface area contributed by atoms with Gasteiger partial charge in [0.05, 0.1) is 20.8 Å². The van der Waals surface area contributed by atoms with Crippen molar-refractivity contribution in [2.75, 3.05) is 33.9 Å². The molecule has 144 valence electrons. The van der Waals surface area contributed by atoms with Gasteiger partial charge in [0, 0.05) is 25.2 Å². The molecule has 0 aromatic heterocycles. The maximum absolute atomic E-state index is 12.4. The number of methoxy groups -OCH3 is 2. The van der Waals surface area contributed by atoms with Crippen molar-refractivity contribution in [3.8, 4) is 11.5 Å². The Balaban J connectivity index is 1.57. The van der Waals surface area contributed by atoms with Gasteiger partial charge in [-0.15, -0.1) is 0 Å². The quantitative estimate of drug-likeness (QED) is 0.620. The van der Waals surface area contributed by atoms with Gasteiger partial charge in [0.25, 0.3) is 0 Å². The lowest BCUT2D eigenvalue weighted by Gasteiger charge is -2.34. The standard InChI is InChI=1S/C19H23N3O5/c1-26-15-5-3-13(11-16(15)27-2)4-6-17(23)21-9-7-14(8-10-21)22-18(24)12-20-19(22)25/h3-6,11,14H,7-10,12H2,1-2H3,(H,20,25). The lowest BCUT2D eigenvalue weighted by Crippen LogP contribution is -2.48. The van der Waals surface area contributed by atoms with Crippen LogP contribution in [0, 0.1) is 0 Å². The molecule has 0 aliphatic carbocycles. The first-order valence-corrected chi connectivity index (χ1v) is 8.82. The second-order valence-corrected chi connectivity index (χ2v) is 6.43. The van der Waals surface area contributed by atoms with Crippen molar-refractivity contribution in [3.63, 3.8) is 0 Å². The Morgan fingerprint density at radius 1 is 1.15 bits per heavy atom. The van der Waals surface area contributed by atoms with E-state index < -0.39 is 0 Å². The number of ether oxygens (including phenoxy) is 2. The average Bonchev–Trinajstić information content (AvgIpc) is 3.04. The summed E-state index contributed by atoms with van der Waals surface area (Å²) in [6.07, 6.45) is 4.44. The number of imide groups is 1. The predicted molar refractivity (Wildman–Crippen MR) is 98.4 cm³/mol. The van der Waals surface area contributed by atoms with E-state index in [1.54, 1.807) is 37.3 Å². The molecule has 4 amide bonds. The van der Waals surface area contributed by atoms with E-state index in [4.69, 9.17) is 9.47 Å². The second kappa shape index (κ2) is 8.11. The minimum Gasteiger partial charge on any atom is -0.493 e. The average molecular weight is 373 g/mol. The number of urea groups is 1. The van der Waals surface area contributed by atoms with E-state index in [9.17, 15) is 14.4 Å². The van der Waals surface area contributed by atoms with E-state index in [-0.39, 0.29) is 30.4 Å². The molecule has 0 radical (unpaired) electrons. The summed E-state index contributed by atoms with van der Waals surface area (Å²) in [5.74, 6) is 0.934. The summed E-state index contributed by atoms with van der Waals surface area (Å²) in [6, 6.07) is 4.95. The van der Waals surface area contributed by atoms with Crippen molar-refractivity contribution in [1.82, 2.24) is 15.1 Å². The van der Waals surface area contributed by atoms with Gasteiger partial charge < -0.3 is 19.7 Å². The van der Waals surface area contributed by atoms with Crippen LogP contribution in [0.4, 0.5) is 4.79 Å². The zero-order valence-corrected chi connectivity index (χ0v) is 15.4. The van der Waals surface area contributed by atoms with Crippen molar-refractivity contribution in [3.05, 3.63) is 29.8 Å². The first-order chi connectivity index (χ1) is 13.0. The molecular formula is C19H23N3O5. The molecule has 1 aromatic rings. The van der Waals surface area contributed by atoms with E-state index in [2.05, 4.69) is 5.32 Å². The lowest BCUT2D eigenvalue weighted by molar-refractivity contribution is -0.129. The van der Waals surface area contributed by atoms with Gasteiger partial charge >= 0.3 is 6.03 Å². The molecule has 27 heavy (non-hydrogen) atoms. The molecule has 0 atom stereocenters. The number of hydrogen-bond donors (Lipinski definition) is 1. The first-order valence-electron chi connectivity index (χ1n) is 8.82. The minimum atomic E-state index is -0.335. The van der Waals surface area contributed by atoms with E-state index in [0.717, 1.165) is 5.56 Å². The maximum atomic E-state index is 12.4. The van der Waals surface area contributed by atoms with E-state index in [1.807, 2.05) is 6.07 Å². The molecule has 2 aliphatic heterocycles. The SMILES string of the molecule is COc1ccc(C=CC(=O)N2CCC(N3C(=O)CNC3=O)CC2)cc1OC. The Hall–Kier alpha value is -3.03. The van der Waals surface area contributed by atoms with Crippen LogP contribution < -0.4 is 14.8 Å². The number of amides is 4. The van der Waals surface area contributed by atoms with Gasteiger partial charge in [0.1, 0.15) is 0 Å². The number of benzene rings is 1. The molecule has 0 bridgehead atoms. The van der Waals surface area contributed by atoms with Crippen molar-refractivity contribution >= 4 is 23.9 Å². The van der Waals surface area contributed by atoms with Crippen LogP contribution in [0.25, 0.3) is 6.08 Å². The number of nitrogens with zero attached hydrogens (tertiary/aromatic N) is 2. The summed E-state index contributed by atoms with van der Waals surface area (Å²) >= 11 is 0. The maximum Gasteiger partial charge on any atom is 0.324 e. The smallest absolute Gasteiger partial charge is 0.324 e. The molecule has 1 aromatic carbocycles. The Morgan fingerprint density at radius 2 is 1.85 bits per heavy atom. The molecule has 2 fully saturated rings. The van der Waals surface area contributed by atoms with Crippen LogP contribution in [0.5, 0.6) is 11.5 Å². The third kappa shape index (κ3) is 4.05. The molecule has 3 rings (SSSR count). The third-order valence-corrected chi connectivity index (χ3v) is 4.85. The molecule has 8 nitrogen and oxygen atoms in total. The van der Waals surface area contributed by atoms with Gasteiger partial charge in [-0.25, -0.2) is 4.79 Å². The van der Waals surface area contributed by atoms with E-state index in [1.165, 1.54) is 11.0 Å². The number of hydrogen-bond acceptors (Lipinski definition) is 5. The lowest BCUT2D eigenvalue weighted by atomic mass is 10.0. The molecule has 1 N–H and O–H groups in total. The van der Waals surface area contributed by atoms with Gasteiger partial charge in [0.15, 0.2) is 11.5 Å². The monoisotopic (exact) mass is 373 g/mol. The van der Waals surface area contributed by atoms with Crippen molar-refractivity contribution in [2.45, 2.75) is 18.9 Å². The van der Waals surface area contributed by atoms with Gasteiger partial charge in [-0.2, -0.15) is 0 Å². The van der Waals surface area contributed by atoms with Crippen LogP contribution in [0.2, 0.25) is 0 Å². The van der Waals surface area contributed by atoms with Crippen LogP contribution in [0.3, 0.4) is 0 Å². The molecule has 0 saturated carbocycles. The first kappa shape index (κ1) is 18.8. The Kier molecular flexibility index (Phi) is 5.63. The summed E-state index contributed by atoms with van der Waals surface area (Å²) in [5.41, 5.74) is 0.829. The number of carbonyl (C=O) groups is 3. The van der Waals surface area contributed by atoms with Gasteiger partial charge in [-0.1, -0.05) is 6.07 Å². The van der Waals surface area contributed by atoms with Gasteiger partial charge in [-0.3, -0.25) is 14.5 Å². The largest absolute Gasteiger partial charge is 0.493 e. The Bertz CT molecular complexity index is 753. The highest BCUT2D eigenvalue weighted by atomic mass is 16.5. The summed E-state index contributed by atoms with van der Waals surface area (Å²) in [5, 5.41) is 2.53. The molecule has 0 spiro atoms. The van der Waals surface area contributed by atoms with Crippen molar-refractivity contribution in [1.29, 1.82) is 0 Å². The van der Waals surface area contributed by atoms with Crippen molar-refractivity contribution in [2.24, 2.45) is 0 Å². The number of likely N-dealkylation sites (tertiary alicyclic amines) is 1. The highest BCUT2D eigenvalue weighted by Gasteiger charge is 2.36. The number of rotatable bonds is 5. The van der Waals surface area contributed by atoms with Gasteiger partial charge in [-0.05, 0) is 36.6 Å². The minimum absolute atomic E-state index is 0.0615. The highest BCUT2D eigenvalue weighted by molar-refractivity contribution is 6.02. The number of carbonyl (C=O) groups excluding carboxylic acids is 3. The van der Waals surface area contributed by atoms with Crippen LogP contribution >= 0.6 is 0 Å². The summed E-state index contributed by atoms with van der Waals surface area (Å²) < 4.78 is 10.5. The molecule has 2 saturated heterocycles. The van der Waals surface area contributed by atoms with Gasteiger partial charge in [0.2, 0.25) is 11.8 Å². The zero-order valence-electron chi connectivity index (χ0n) is 15.4. The molecule has 2 heterocycles. The number of nitrogens with one attached hydrogen (secondary N) is 1. The molecule has 8 heteroatoms. The fraction of sp³-hybridized carbons (Fsp3) is 0.421. The predicted octanol–water partition coefficient (Wildman–Crippen LogP) is 1.26. The fourth-order valence-corrected chi connectivity index (χ4v) is 3.38. The molecule has 2 aliphatic rings. The molecular weight excluding hydrogens is 350 g/mol. The Morgan fingerprint density at radius 3 is 2.44 bits per heavy atom. The normalized spacial score (nSPS) is 18.1. The van der Waals surface area contributed by atoms with Crippen LogP contribution in [-0.2, 0) is 9.59 Å². The summed E-state index contributed by atoms with van der Waals surface area (Å²) in [4.78, 5) is 39.0. The van der Waals surface area contributed by atoms with Crippen LogP contribution in [-0.4, -0.2) is 67.5 Å². The topological polar surface area (TPSA) is 88.2 Å². The molecule has 0 unspecified atom stereocenters. The van der Waals surface area contributed by atoms with Crippen LogP contribution in [0.1, 0.15) is 18.4 Å². The fourth-order valence-electron chi connectivity index (χ4n) is 3.38. The Labute approximate surface area is 157 Å². The van der Waals surface area contributed by atoms with Crippen LogP contribution in [0.15, 0.2) is 24.3 Å². The zero-order chi connectivity index (χ0) is 19.4.